The van der Waals surface area contributed by atoms with E-state index in [2.05, 4.69) is 4.98 Å². The van der Waals surface area contributed by atoms with Gasteiger partial charge in [-0.1, -0.05) is 41.9 Å². The van der Waals surface area contributed by atoms with Crippen molar-refractivity contribution in [1.82, 2.24) is 9.55 Å². The van der Waals surface area contributed by atoms with E-state index in [1.165, 1.54) is 11.3 Å². The lowest BCUT2D eigenvalue weighted by Gasteiger charge is -2.07. The number of benzene rings is 3. The van der Waals surface area contributed by atoms with Crippen molar-refractivity contribution in [1.29, 1.82) is 0 Å². The minimum atomic E-state index is -0.206. The topological polar surface area (TPSA) is 44.1 Å². The van der Waals surface area contributed by atoms with E-state index in [0.717, 1.165) is 33.0 Å². The zero-order valence-corrected chi connectivity index (χ0v) is 17.9. The van der Waals surface area contributed by atoms with Crippen molar-refractivity contribution in [3.8, 4) is 21.9 Å². The van der Waals surface area contributed by atoms with Crippen LogP contribution in [0.15, 0.2) is 96.1 Å². The Hall–Kier alpha value is -3.41. The van der Waals surface area contributed by atoms with E-state index in [1.807, 2.05) is 89.5 Å². The van der Waals surface area contributed by atoms with Crippen LogP contribution in [0.1, 0.15) is 5.56 Å². The highest BCUT2D eigenvalue weighted by atomic mass is 35.5. The van der Waals surface area contributed by atoms with Crippen LogP contribution in [0.5, 0.6) is 11.5 Å². The Morgan fingerprint density at radius 1 is 0.903 bits per heavy atom. The molecule has 6 heteroatoms. The molecule has 31 heavy (non-hydrogen) atoms. The molecule has 5 rings (SSSR count). The van der Waals surface area contributed by atoms with Crippen molar-refractivity contribution in [2.75, 3.05) is 0 Å². The maximum atomic E-state index is 12.4. The summed E-state index contributed by atoms with van der Waals surface area (Å²) in [4.78, 5) is 17.4. The molecule has 0 fully saturated rings. The largest absolute Gasteiger partial charge is 0.457 e. The Kier molecular flexibility index (Phi) is 5.28. The number of hydrogen-bond donors (Lipinski definition) is 0. The smallest absolute Gasteiger partial charge is 0.290 e. The van der Waals surface area contributed by atoms with E-state index < -0.39 is 0 Å². The predicted octanol–water partition coefficient (Wildman–Crippen LogP) is 6.62. The van der Waals surface area contributed by atoms with Gasteiger partial charge in [-0.25, -0.2) is 0 Å². The van der Waals surface area contributed by atoms with Crippen LogP contribution in [0.3, 0.4) is 0 Å². The second-order valence-corrected chi connectivity index (χ2v) is 8.56. The van der Waals surface area contributed by atoms with E-state index in [1.54, 1.807) is 6.33 Å². The fourth-order valence-electron chi connectivity index (χ4n) is 3.36. The Bertz CT molecular complexity index is 1390. The highest BCUT2D eigenvalue weighted by molar-refractivity contribution is 7.22. The van der Waals surface area contributed by atoms with Crippen LogP contribution in [-0.2, 0) is 6.54 Å². The minimum Gasteiger partial charge on any atom is -0.457 e. The molecule has 0 atom stereocenters. The number of fused-ring (bicyclic) bond motifs is 1. The Labute approximate surface area is 188 Å². The second-order valence-electron chi connectivity index (χ2n) is 7.07. The van der Waals surface area contributed by atoms with E-state index >= 15 is 0 Å². The first-order valence-corrected chi connectivity index (χ1v) is 10.9. The van der Waals surface area contributed by atoms with Crippen molar-refractivity contribution < 1.29 is 4.74 Å². The van der Waals surface area contributed by atoms with Crippen LogP contribution >= 0.6 is 22.9 Å². The minimum absolute atomic E-state index is 0.206. The van der Waals surface area contributed by atoms with Gasteiger partial charge in [0.2, 0.25) is 0 Å². The lowest BCUT2D eigenvalue weighted by Crippen LogP contribution is -2.11. The third-order valence-electron chi connectivity index (χ3n) is 4.91. The summed E-state index contributed by atoms with van der Waals surface area (Å²) in [5.41, 5.74) is 2.78. The van der Waals surface area contributed by atoms with Gasteiger partial charge in [0.25, 0.3) is 5.56 Å². The number of ether oxygens (including phenoxy) is 1. The summed E-state index contributed by atoms with van der Waals surface area (Å²) in [6.45, 7) is 0.612. The quantitative estimate of drug-likeness (QED) is 0.306. The molecule has 4 nitrogen and oxygen atoms in total. The summed E-state index contributed by atoms with van der Waals surface area (Å²) >= 11 is 7.45. The van der Waals surface area contributed by atoms with Gasteiger partial charge in [0.1, 0.15) is 16.2 Å². The lowest BCUT2D eigenvalue weighted by molar-refractivity contribution is 0.483. The molecule has 0 N–H and O–H groups in total. The van der Waals surface area contributed by atoms with Crippen molar-refractivity contribution in [3.05, 3.63) is 112 Å². The zero-order chi connectivity index (χ0) is 21.2. The fraction of sp³-hybridized carbons (Fsp3) is 0.0400. The molecule has 0 saturated carbocycles. The first-order valence-electron chi connectivity index (χ1n) is 9.72. The lowest BCUT2D eigenvalue weighted by atomic mass is 10.2. The van der Waals surface area contributed by atoms with Gasteiger partial charge in [-0.15, -0.1) is 11.3 Å². The summed E-state index contributed by atoms with van der Waals surface area (Å²) in [5.74, 6) is 1.56. The summed E-state index contributed by atoms with van der Waals surface area (Å²) in [6, 6.07) is 27.3. The molecule has 3 aromatic carbocycles. The van der Waals surface area contributed by atoms with Gasteiger partial charge < -0.3 is 9.30 Å². The van der Waals surface area contributed by atoms with E-state index in [0.29, 0.717) is 16.3 Å². The Balaban J connectivity index is 1.46. The maximum absolute atomic E-state index is 12.4. The van der Waals surface area contributed by atoms with Crippen LogP contribution in [0.25, 0.3) is 20.7 Å². The van der Waals surface area contributed by atoms with E-state index in [-0.39, 0.29) is 5.56 Å². The Morgan fingerprint density at radius 3 is 2.35 bits per heavy atom. The molecule has 0 amide bonds. The SMILES string of the molecule is O=c1ncn(Cc2ccc(Cl)cc2)c2cc(-c3ccc(Oc4ccccc4)cc3)sc12. The first-order chi connectivity index (χ1) is 15.2. The summed E-state index contributed by atoms with van der Waals surface area (Å²) in [5, 5.41) is 0.699. The van der Waals surface area contributed by atoms with Gasteiger partial charge in [-0.05, 0) is 65.7 Å². The van der Waals surface area contributed by atoms with Crippen molar-refractivity contribution in [3.63, 3.8) is 0 Å². The van der Waals surface area contributed by atoms with Gasteiger partial charge >= 0.3 is 0 Å². The molecule has 152 valence electrons. The third kappa shape index (κ3) is 4.24. The van der Waals surface area contributed by atoms with Crippen LogP contribution in [0, 0.1) is 0 Å². The molecule has 0 saturated heterocycles. The molecule has 0 bridgehead atoms. The average molecular weight is 445 g/mol. The summed E-state index contributed by atoms with van der Waals surface area (Å²) in [7, 11) is 0. The number of aromatic nitrogens is 2. The molecule has 0 unspecified atom stereocenters. The monoisotopic (exact) mass is 444 g/mol. The maximum Gasteiger partial charge on any atom is 0.290 e. The van der Waals surface area contributed by atoms with Gasteiger partial charge in [0.05, 0.1) is 11.8 Å². The molecule has 0 aliphatic heterocycles. The van der Waals surface area contributed by atoms with Crippen LogP contribution in [-0.4, -0.2) is 9.55 Å². The van der Waals surface area contributed by atoms with Gasteiger partial charge in [-0.3, -0.25) is 4.79 Å². The zero-order valence-electron chi connectivity index (χ0n) is 16.4. The molecule has 0 aliphatic carbocycles. The fourth-order valence-corrected chi connectivity index (χ4v) is 4.55. The number of nitrogens with zero attached hydrogens (tertiary/aromatic N) is 2. The van der Waals surface area contributed by atoms with Crippen molar-refractivity contribution in [2.45, 2.75) is 6.54 Å². The first kappa shape index (κ1) is 19.5. The number of para-hydroxylation sites is 1. The molecule has 2 aromatic heterocycles. The number of thiophene rings is 1. The standard InChI is InChI=1S/C25H17ClN2O2S/c26-19-10-6-17(7-11-19)15-28-16-27-25(29)24-22(28)14-23(31-24)18-8-12-21(13-9-18)30-20-4-2-1-3-5-20/h1-14,16H,15H2. The highest BCUT2D eigenvalue weighted by Gasteiger charge is 2.12. The molecule has 5 aromatic rings. The molecule has 0 spiro atoms. The average Bonchev–Trinajstić information content (AvgIpc) is 3.25. The highest BCUT2D eigenvalue weighted by Crippen LogP contribution is 2.33. The molecule has 0 radical (unpaired) electrons. The second kappa shape index (κ2) is 8.38. The van der Waals surface area contributed by atoms with Crippen LogP contribution in [0.4, 0.5) is 0 Å². The Morgan fingerprint density at radius 2 is 1.61 bits per heavy atom. The molecule has 2 heterocycles. The van der Waals surface area contributed by atoms with Gasteiger partial charge in [0.15, 0.2) is 0 Å². The normalized spacial score (nSPS) is 11.0. The van der Waals surface area contributed by atoms with Crippen LogP contribution in [0.2, 0.25) is 5.02 Å². The summed E-state index contributed by atoms with van der Waals surface area (Å²) < 4.78 is 8.51. The molecular weight excluding hydrogens is 428 g/mol. The van der Waals surface area contributed by atoms with Crippen molar-refractivity contribution in [2.24, 2.45) is 0 Å². The van der Waals surface area contributed by atoms with Gasteiger partial charge in [-0.2, -0.15) is 4.98 Å². The van der Waals surface area contributed by atoms with Gasteiger partial charge in [0, 0.05) is 16.4 Å². The molecular formula is C25H17ClN2O2S. The number of halogens is 1. The van der Waals surface area contributed by atoms with Crippen LogP contribution < -0.4 is 10.3 Å². The van der Waals surface area contributed by atoms with Crippen molar-refractivity contribution >= 4 is 33.2 Å². The number of hydrogen-bond acceptors (Lipinski definition) is 4. The summed E-state index contributed by atoms with van der Waals surface area (Å²) in [6.07, 6.45) is 1.60. The molecule has 0 aliphatic rings. The third-order valence-corrected chi connectivity index (χ3v) is 6.33. The van der Waals surface area contributed by atoms with E-state index in [4.69, 9.17) is 16.3 Å². The van der Waals surface area contributed by atoms with E-state index in [9.17, 15) is 4.79 Å². The number of rotatable bonds is 5. The predicted molar refractivity (Wildman–Crippen MR) is 126 cm³/mol.